The number of benzene rings is 1. The number of nitrogens with zero attached hydrogens (tertiary/aromatic N) is 3. The summed E-state index contributed by atoms with van der Waals surface area (Å²) >= 11 is 3.22. The smallest absolute Gasteiger partial charge is 0.256 e. The molecule has 0 radical (unpaired) electrons. The molecule has 1 aromatic heterocycles. The number of carbonyl (C=O) groups is 1. The molecule has 4 nitrogen and oxygen atoms in total. The minimum atomic E-state index is -0.486. The lowest BCUT2D eigenvalue weighted by atomic mass is 10.1. The average Bonchev–Trinajstić information content (AvgIpc) is 3.46. The minimum Gasteiger partial charge on any atom is -0.353 e. The first-order valence-electron chi connectivity index (χ1n) is 8.99. The molecule has 1 amide bonds. The van der Waals surface area contributed by atoms with Gasteiger partial charge in [-0.15, -0.1) is 0 Å². The highest BCUT2D eigenvalue weighted by molar-refractivity contribution is 9.10. The van der Waals surface area contributed by atoms with Crippen molar-refractivity contribution >= 4 is 27.7 Å². The van der Waals surface area contributed by atoms with Gasteiger partial charge in [0, 0.05) is 36.8 Å². The number of aryl methyl sites for hydroxylation is 1. The van der Waals surface area contributed by atoms with E-state index >= 15 is 0 Å². The molecular formula is C20H21BrFN3O. The number of aromatic nitrogens is 1. The Bertz CT molecular complexity index is 845. The van der Waals surface area contributed by atoms with Gasteiger partial charge in [0.1, 0.15) is 11.6 Å². The van der Waals surface area contributed by atoms with Crippen LogP contribution in [0.3, 0.4) is 0 Å². The Labute approximate surface area is 161 Å². The van der Waals surface area contributed by atoms with Crippen molar-refractivity contribution in [2.45, 2.75) is 25.7 Å². The Morgan fingerprint density at radius 2 is 1.92 bits per heavy atom. The number of anilines is 1. The number of piperazine rings is 1. The Balaban J connectivity index is 1.43. The average molecular weight is 418 g/mol. The van der Waals surface area contributed by atoms with Crippen molar-refractivity contribution in [3.63, 3.8) is 0 Å². The minimum absolute atomic E-state index is 0.129. The number of hydrogen-bond donors (Lipinski definition) is 0. The third-order valence-electron chi connectivity index (χ3n) is 5.15. The maximum Gasteiger partial charge on any atom is 0.256 e. The highest BCUT2D eigenvalue weighted by atomic mass is 79.9. The number of rotatable bonds is 3. The quantitative estimate of drug-likeness (QED) is 0.752. The van der Waals surface area contributed by atoms with E-state index in [4.69, 9.17) is 0 Å². The molecule has 6 heteroatoms. The number of amides is 1. The molecule has 2 aromatic rings. The van der Waals surface area contributed by atoms with Gasteiger partial charge in [-0.1, -0.05) is 22.0 Å². The molecule has 136 valence electrons. The van der Waals surface area contributed by atoms with Crippen molar-refractivity contribution in [3.8, 4) is 0 Å². The lowest BCUT2D eigenvalue weighted by Crippen LogP contribution is -2.49. The second-order valence-electron chi connectivity index (χ2n) is 7.09. The molecule has 0 spiro atoms. The standard InChI is InChI=1S/C20H21BrFN3O/c1-13-10-15(14-2-3-14)12-23-19(13)24-6-8-25(9-7-24)20(26)17-5-4-16(21)11-18(17)22/h4-5,10-12,14H,2-3,6-9H2,1H3. The molecule has 1 saturated carbocycles. The summed E-state index contributed by atoms with van der Waals surface area (Å²) in [5.41, 5.74) is 2.66. The summed E-state index contributed by atoms with van der Waals surface area (Å²) in [5.74, 6) is 0.963. The summed E-state index contributed by atoms with van der Waals surface area (Å²) in [5, 5.41) is 0. The van der Waals surface area contributed by atoms with Gasteiger partial charge < -0.3 is 9.80 Å². The highest BCUT2D eigenvalue weighted by Crippen LogP contribution is 2.40. The summed E-state index contributed by atoms with van der Waals surface area (Å²) < 4.78 is 14.7. The maximum atomic E-state index is 14.1. The van der Waals surface area contributed by atoms with E-state index in [-0.39, 0.29) is 11.5 Å². The Kier molecular flexibility index (Phi) is 4.69. The third kappa shape index (κ3) is 3.47. The summed E-state index contributed by atoms with van der Waals surface area (Å²) in [6.07, 6.45) is 4.54. The van der Waals surface area contributed by atoms with Crippen LogP contribution in [0, 0.1) is 12.7 Å². The van der Waals surface area contributed by atoms with E-state index in [0.717, 1.165) is 5.82 Å². The van der Waals surface area contributed by atoms with Crippen molar-refractivity contribution in [2.75, 3.05) is 31.1 Å². The number of halogens is 2. The van der Waals surface area contributed by atoms with Crippen LogP contribution in [0.2, 0.25) is 0 Å². The molecule has 0 bridgehead atoms. The van der Waals surface area contributed by atoms with Gasteiger partial charge in [-0.05, 0) is 55.0 Å². The maximum absolute atomic E-state index is 14.1. The SMILES string of the molecule is Cc1cc(C2CC2)cnc1N1CCN(C(=O)c2ccc(Br)cc2F)CC1. The molecule has 1 aromatic carbocycles. The number of pyridine rings is 1. The van der Waals surface area contributed by atoms with E-state index < -0.39 is 5.82 Å². The second kappa shape index (κ2) is 6.99. The van der Waals surface area contributed by atoms with E-state index in [1.54, 1.807) is 11.0 Å². The van der Waals surface area contributed by atoms with Gasteiger partial charge in [0.05, 0.1) is 5.56 Å². The monoisotopic (exact) mass is 417 g/mol. The van der Waals surface area contributed by atoms with Crippen LogP contribution >= 0.6 is 15.9 Å². The topological polar surface area (TPSA) is 36.4 Å². The van der Waals surface area contributed by atoms with E-state index in [1.165, 1.54) is 36.1 Å². The van der Waals surface area contributed by atoms with Gasteiger partial charge in [0.15, 0.2) is 0 Å². The highest BCUT2D eigenvalue weighted by Gasteiger charge is 2.27. The Morgan fingerprint density at radius 3 is 2.54 bits per heavy atom. The largest absolute Gasteiger partial charge is 0.353 e. The zero-order valence-corrected chi connectivity index (χ0v) is 16.3. The van der Waals surface area contributed by atoms with Crippen LogP contribution in [0.4, 0.5) is 10.2 Å². The van der Waals surface area contributed by atoms with Crippen LogP contribution in [0.1, 0.15) is 40.2 Å². The number of hydrogen-bond acceptors (Lipinski definition) is 3. The van der Waals surface area contributed by atoms with Gasteiger partial charge in [-0.2, -0.15) is 0 Å². The van der Waals surface area contributed by atoms with Gasteiger partial charge in [-0.25, -0.2) is 9.37 Å². The van der Waals surface area contributed by atoms with E-state index in [2.05, 4.69) is 38.8 Å². The van der Waals surface area contributed by atoms with Crippen molar-refractivity contribution in [3.05, 3.63) is 57.4 Å². The van der Waals surface area contributed by atoms with Crippen LogP contribution in [0.15, 0.2) is 34.9 Å². The van der Waals surface area contributed by atoms with Crippen molar-refractivity contribution in [1.82, 2.24) is 9.88 Å². The zero-order chi connectivity index (χ0) is 18.3. The fourth-order valence-corrected chi connectivity index (χ4v) is 3.85. The normalized spacial score (nSPS) is 17.5. The van der Waals surface area contributed by atoms with Crippen LogP contribution in [0.25, 0.3) is 0 Å². The molecular weight excluding hydrogens is 397 g/mol. The molecule has 0 N–H and O–H groups in total. The second-order valence-corrected chi connectivity index (χ2v) is 8.00. The summed E-state index contributed by atoms with van der Waals surface area (Å²) in [7, 11) is 0. The summed E-state index contributed by atoms with van der Waals surface area (Å²) in [4.78, 5) is 21.2. The van der Waals surface area contributed by atoms with E-state index in [0.29, 0.717) is 36.6 Å². The predicted octanol–water partition coefficient (Wildman–Crippen LogP) is 4.13. The van der Waals surface area contributed by atoms with Crippen molar-refractivity contribution in [1.29, 1.82) is 0 Å². The van der Waals surface area contributed by atoms with Gasteiger partial charge in [0.2, 0.25) is 0 Å². The summed E-state index contributed by atoms with van der Waals surface area (Å²) in [6, 6.07) is 6.81. The fraction of sp³-hybridized carbons (Fsp3) is 0.400. The first kappa shape index (κ1) is 17.5. The van der Waals surface area contributed by atoms with Crippen LogP contribution < -0.4 is 4.90 Å². The molecule has 2 fully saturated rings. The molecule has 0 atom stereocenters. The predicted molar refractivity (Wildman–Crippen MR) is 103 cm³/mol. The molecule has 2 aliphatic rings. The van der Waals surface area contributed by atoms with Gasteiger partial charge in [0.25, 0.3) is 5.91 Å². The van der Waals surface area contributed by atoms with E-state index in [1.807, 2.05) is 6.20 Å². The van der Waals surface area contributed by atoms with Gasteiger partial charge >= 0.3 is 0 Å². The Morgan fingerprint density at radius 1 is 1.19 bits per heavy atom. The fourth-order valence-electron chi connectivity index (χ4n) is 3.51. The molecule has 26 heavy (non-hydrogen) atoms. The molecule has 0 unspecified atom stereocenters. The van der Waals surface area contributed by atoms with Crippen molar-refractivity contribution in [2.24, 2.45) is 0 Å². The summed E-state index contributed by atoms with van der Waals surface area (Å²) in [6.45, 7) is 4.66. The molecule has 1 aliphatic heterocycles. The van der Waals surface area contributed by atoms with Crippen LogP contribution in [-0.2, 0) is 0 Å². The van der Waals surface area contributed by atoms with Crippen LogP contribution in [0.5, 0.6) is 0 Å². The molecule has 1 aliphatic carbocycles. The molecule has 2 heterocycles. The van der Waals surface area contributed by atoms with Crippen LogP contribution in [-0.4, -0.2) is 42.0 Å². The third-order valence-corrected chi connectivity index (χ3v) is 5.64. The Hall–Kier alpha value is -1.95. The first-order chi connectivity index (χ1) is 12.5. The molecule has 4 rings (SSSR count). The zero-order valence-electron chi connectivity index (χ0n) is 14.7. The molecule has 1 saturated heterocycles. The number of carbonyl (C=O) groups excluding carboxylic acids is 1. The first-order valence-corrected chi connectivity index (χ1v) is 9.78. The van der Waals surface area contributed by atoms with Gasteiger partial charge in [-0.3, -0.25) is 4.79 Å². The lowest BCUT2D eigenvalue weighted by Gasteiger charge is -2.36. The van der Waals surface area contributed by atoms with E-state index in [9.17, 15) is 9.18 Å². The van der Waals surface area contributed by atoms with Crippen molar-refractivity contribution < 1.29 is 9.18 Å². The lowest BCUT2D eigenvalue weighted by molar-refractivity contribution is 0.0742.